The summed E-state index contributed by atoms with van der Waals surface area (Å²) in [4.78, 5) is 12.5. The quantitative estimate of drug-likeness (QED) is 0.712. The summed E-state index contributed by atoms with van der Waals surface area (Å²) < 4.78 is 36.9. The lowest BCUT2D eigenvalue weighted by molar-refractivity contribution is -0.128. The SMILES string of the molecule is Cc1ccc2c(c1)N(S(C)(=O)=O)CC(C(=O)NCCOCc1ccccc1)O2. The van der Waals surface area contributed by atoms with Crippen molar-refractivity contribution in [2.24, 2.45) is 0 Å². The van der Waals surface area contributed by atoms with Gasteiger partial charge in [0, 0.05) is 6.54 Å². The highest BCUT2D eigenvalue weighted by molar-refractivity contribution is 7.92. The summed E-state index contributed by atoms with van der Waals surface area (Å²) in [5.74, 6) is 0.00550. The first-order valence-corrected chi connectivity index (χ1v) is 10.8. The second-order valence-corrected chi connectivity index (χ2v) is 8.61. The van der Waals surface area contributed by atoms with Crippen molar-refractivity contribution in [1.82, 2.24) is 5.32 Å². The molecule has 1 aliphatic rings. The number of fused-ring (bicyclic) bond motifs is 1. The minimum Gasteiger partial charge on any atom is -0.476 e. The minimum atomic E-state index is -3.53. The molecule has 1 atom stereocenters. The van der Waals surface area contributed by atoms with Crippen LogP contribution in [0.4, 0.5) is 5.69 Å². The van der Waals surface area contributed by atoms with Crippen molar-refractivity contribution in [3.8, 4) is 5.75 Å². The van der Waals surface area contributed by atoms with Gasteiger partial charge in [-0.05, 0) is 30.2 Å². The molecule has 1 heterocycles. The van der Waals surface area contributed by atoms with E-state index >= 15 is 0 Å². The maximum absolute atomic E-state index is 12.5. The van der Waals surface area contributed by atoms with Gasteiger partial charge < -0.3 is 14.8 Å². The standard InChI is InChI=1S/C20H24N2O5S/c1-15-8-9-18-17(12-15)22(28(2,24)25)13-19(27-18)20(23)21-10-11-26-14-16-6-4-3-5-7-16/h3-9,12,19H,10-11,13-14H2,1-2H3,(H,21,23). The van der Waals surface area contributed by atoms with Gasteiger partial charge in [0.05, 0.1) is 31.7 Å². The smallest absolute Gasteiger partial charge is 0.263 e. The van der Waals surface area contributed by atoms with Crippen LogP contribution in [0.3, 0.4) is 0 Å². The summed E-state index contributed by atoms with van der Waals surface area (Å²) in [6.45, 7) is 2.93. The lowest BCUT2D eigenvalue weighted by Crippen LogP contribution is -2.50. The van der Waals surface area contributed by atoms with Crippen LogP contribution in [0.2, 0.25) is 0 Å². The number of anilines is 1. The zero-order valence-corrected chi connectivity index (χ0v) is 16.7. The van der Waals surface area contributed by atoms with Gasteiger partial charge >= 0.3 is 0 Å². The molecule has 0 saturated heterocycles. The first kappa shape index (κ1) is 20.2. The molecule has 1 N–H and O–H groups in total. The third-order valence-electron chi connectivity index (χ3n) is 4.33. The van der Waals surface area contributed by atoms with Crippen molar-refractivity contribution in [2.45, 2.75) is 19.6 Å². The van der Waals surface area contributed by atoms with Gasteiger partial charge in [-0.1, -0.05) is 36.4 Å². The van der Waals surface area contributed by atoms with Gasteiger partial charge in [0.15, 0.2) is 6.10 Å². The molecule has 0 bridgehead atoms. The number of hydrogen-bond donors (Lipinski definition) is 1. The lowest BCUT2D eigenvalue weighted by atomic mass is 10.1. The summed E-state index contributed by atoms with van der Waals surface area (Å²) in [5, 5.41) is 2.74. The number of sulfonamides is 1. The number of aryl methyl sites for hydroxylation is 1. The van der Waals surface area contributed by atoms with E-state index in [1.165, 1.54) is 4.31 Å². The second-order valence-electron chi connectivity index (χ2n) is 6.70. The zero-order chi connectivity index (χ0) is 20.1. The Labute approximate surface area is 165 Å². The van der Waals surface area contributed by atoms with Crippen LogP contribution in [0.5, 0.6) is 5.75 Å². The van der Waals surface area contributed by atoms with Crippen LogP contribution in [0.15, 0.2) is 48.5 Å². The molecule has 0 fully saturated rings. The Morgan fingerprint density at radius 2 is 2.00 bits per heavy atom. The monoisotopic (exact) mass is 404 g/mol. The van der Waals surface area contributed by atoms with Crippen LogP contribution < -0.4 is 14.4 Å². The number of nitrogens with one attached hydrogen (secondary N) is 1. The Morgan fingerprint density at radius 1 is 1.25 bits per heavy atom. The molecule has 0 saturated carbocycles. The average Bonchev–Trinajstić information content (AvgIpc) is 2.66. The number of nitrogens with zero attached hydrogens (tertiary/aromatic N) is 1. The fourth-order valence-corrected chi connectivity index (χ4v) is 3.84. The first-order valence-electron chi connectivity index (χ1n) is 8.99. The van der Waals surface area contributed by atoms with E-state index in [-0.39, 0.29) is 12.5 Å². The average molecular weight is 404 g/mol. The number of benzene rings is 2. The Morgan fingerprint density at radius 3 is 2.71 bits per heavy atom. The maximum atomic E-state index is 12.5. The number of carbonyl (C=O) groups excluding carboxylic acids is 1. The van der Waals surface area contributed by atoms with E-state index in [4.69, 9.17) is 9.47 Å². The molecule has 0 aliphatic carbocycles. The first-order chi connectivity index (χ1) is 13.3. The van der Waals surface area contributed by atoms with Crippen LogP contribution in [0.25, 0.3) is 0 Å². The van der Waals surface area contributed by atoms with Crippen LogP contribution in [-0.4, -0.2) is 46.4 Å². The molecule has 0 aromatic heterocycles. The second kappa shape index (κ2) is 8.62. The van der Waals surface area contributed by atoms with E-state index in [2.05, 4.69) is 5.32 Å². The van der Waals surface area contributed by atoms with Crippen molar-refractivity contribution in [3.05, 3.63) is 59.7 Å². The highest BCUT2D eigenvalue weighted by Crippen LogP contribution is 2.35. The van der Waals surface area contributed by atoms with Crippen LogP contribution in [0, 0.1) is 6.92 Å². The molecule has 2 aromatic rings. The van der Waals surface area contributed by atoms with E-state index in [1.807, 2.05) is 43.3 Å². The molecule has 1 unspecified atom stereocenters. The highest BCUT2D eigenvalue weighted by atomic mass is 32.2. The fourth-order valence-electron chi connectivity index (χ4n) is 2.94. The topological polar surface area (TPSA) is 84.9 Å². The van der Waals surface area contributed by atoms with Crippen LogP contribution in [-0.2, 0) is 26.2 Å². The number of hydrogen-bond acceptors (Lipinski definition) is 5. The van der Waals surface area contributed by atoms with Gasteiger partial charge in [-0.25, -0.2) is 8.42 Å². The molecule has 0 spiro atoms. The number of amides is 1. The lowest BCUT2D eigenvalue weighted by Gasteiger charge is -2.34. The minimum absolute atomic E-state index is 0.0635. The predicted octanol–water partition coefficient (Wildman–Crippen LogP) is 1.86. The van der Waals surface area contributed by atoms with Gasteiger partial charge in [-0.2, -0.15) is 0 Å². The Kier molecular flexibility index (Phi) is 6.21. The van der Waals surface area contributed by atoms with Crippen molar-refractivity contribution in [1.29, 1.82) is 0 Å². The third-order valence-corrected chi connectivity index (χ3v) is 5.48. The summed E-state index contributed by atoms with van der Waals surface area (Å²) in [6, 6.07) is 15.0. The molecule has 1 aliphatic heterocycles. The van der Waals surface area contributed by atoms with Crippen molar-refractivity contribution < 1.29 is 22.7 Å². The molecule has 2 aromatic carbocycles. The fraction of sp³-hybridized carbons (Fsp3) is 0.350. The van der Waals surface area contributed by atoms with E-state index in [1.54, 1.807) is 12.1 Å². The van der Waals surface area contributed by atoms with Crippen LogP contribution in [0.1, 0.15) is 11.1 Å². The predicted molar refractivity (Wildman–Crippen MR) is 107 cm³/mol. The van der Waals surface area contributed by atoms with E-state index in [9.17, 15) is 13.2 Å². The number of rotatable bonds is 7. The van der Waals surface area contributed by atoms with Gasteiger partial charge in [0.2, 0.25) is 10.0 Å². The molecule has 3 rings (SSSR count). The summed E-state index contributed by atoms with van der Waals surface area (Å²) in [6.07, 6.45) is 0.204. The Hall–Kier alpha value is -2.58. The summed E-state index contributed by atoms with van der Waals surface area (Å²) in [7, 11) is -3.53. The van der Waals surface area contributed by atoms with Gasteiger partial charge in [-0.3, -0.25) is 9.10 Å². The van der Waals surface area contributed by atoms with Crippen molar-refractivity contribution in [3.63, 3.8) is 0 Å². The maximum Gasteiger partial charge on any atom is 0.263 e. The molecule has 8 heteroatoms. The molecule has 150 valence electrons. The Balaban J connectivity index is 1.56. The van der Waals surface area contributed by atoms with Crippen molar-refractivity contribution in [2.75, 3.05) is 30.3 Å². The van der Waals surface area contributed by atoms with Gasteiger partial charge in [-0.15, -0.1) is 0 Å². The normalized spacial score (nSPS) is 16.2. The molecular weight excluding hydrogens is 380 g/mol. The summed E-state index contributed by atoms with van der Waals surface area (Å²) >= 11 is 0. The van der Waals surface area contributed by atoms with E-state index in [0.29, 0.717) is 31.2 Å². The third kappa shape index (κ3) is 5.02. The molecule has 28 heavy (non-hydrogen) atoms. The van der Waals surface area contributed by atoms with Crippen molar-refractivity contribution >= 4 is 21.6 Å². The van der Waals surface area contributed by atoms with E-state index < -0.39 is 16.1 Å². The van der Waals surface area contributed by atoms with E-state index in [0.717, 1.165) is 17.4 Å². The molecular formula is C20H24N2O5S. The molecule has 0 radical (unpaired) electrons. The molecule has 7 nitrogen and oxygen atoms in total. The number of ether oxygens (including phenoxy) is 2. The highest BCUT2D eigenvalue weighted by Gasteiger charge is 2.34. The zero-order valence-electron chi connectivity index (χ0n) is 15.9. The van der Waals surface area contributed by atoms with Gasteiger partial charge in [0.1, 0.15) is 5.75 Å². The Bertz CT molecular complexity index is 931. The summed E-state index contributed by atoms with van der Waals surface area (Å²) in [5.41, 5.74) is 2.42. The number of carbonyl (C=O) groups is 1. The van der Waals surface area contributed by atoms with Gasteiger partial charge in [0.25, 0.3) is 5.91 Å². The molecule has 1 amide bonds. The van der Waals surface area contributed by atoms with Crippen LogP contribution >= 0.6 is 0 Å². The largest absolute Gasteiger partial charge is 0.476 e.